The fourth-order valence-corrected chi connectivity index (χ4v) is 3.05. The lowest BCUT2D eigenvalue weighted by Crippen LogP contribution is -2.16. The molecule has 3 rings (SSSR count). The number of nitrogens with zero attached hydrogens (tertiary/aromatic N) is 2. The molecule has 2 aromatic heterocycles. The van der Waals surface area contributed by atoms with Crippen LogP contribution in [-0.2, 0) is 6.42 Å². The fraction of sp³-hybridized carbons (Fsp3) is 0.222. The number of carbonyl (C=O) groups excluding carboxylic acids is 1. The number of rotatable bonds is 5. The molecular formula is C18H19N3OS. The first kappa shape index (κ1) is 15.6. The highest BCUT2D eigenvalue weighted by Gasteiger charge is 2.18. The van der Waals surface area contributed by atoms with Crippen LogP contribution in [0.25, 0.3) is 5.65 Å². The van der Waals surface area contributed by atoms with Crippen LogP contribution in [0.4, 0.5) is 5.69 Å². The van der Waals surface area contributed by atoms with E-state index >= 15 is 0 Å². The van der Waals surface area contributed by atoms with Crippen molar-refractivity contribution in [1.29, 1.82) is 0 Å². The number of nitrogens with one attached hydrogen (secondary N) is 1. The molecule has 23 heavy (non-hydrogen) atoms. The van der Waals surface area contributed by atoms with Gasteiger partial charge in [-0.25, -0.2) is 4.98 Å². The average Bonchev–Trinajstić information content (AvgIpc) is 2.93. The number of anilines is 1. The quantitative estimate of drug-likeness (QED) is 0.713. The molecule has 1 N–H and O–H groups in total. The Kier molecular flexibility index (Phi) is 4.67. The van der Waals surface area contributed by atoms with Crippen LogP contribution >= 0.6 is 11.8 Å². The first-order valence-electron chi connectivity index (χ1n) is 7.64. The summed E-state index contributed by atoms with van der Waals surface area (Å²) in [5.41, 5.74) is 3.07. The summed E-state index contributed by atoms with van der Waals surface area (Å²) in [7, 11) is 0. The first-order valence-corrected chi connectivity index (χ1v) is 8.86. The molecule has 1 amide bonds. The third kappa shape index (κ3) is 3.24. The van der Waals surface area contributed by atoms with Gasteiger partial charge in [-0.15, -0.1) is 11.8 Å². The average molecular weight is 325 g/mol. The normalized spacial score (nSPS) is 10.9. The number of pyridine rings is 1. The standard InChI is InChI=1S/C18H19N3OS/c1-3-7-15-17(21-11-5-4-10-16(21)20-15)18(22)19-13-8-6-9-14(12-13)23-2/h4-6,8-12H,3,7H2,1-2H3,(H,19,22). The lowest BCUT2D eigenvalue weighted by Gasteiger charge is -2.08. The highest BCUT2D eigenvalue weighted by molar-refractivity contribution is 7.98. The number of hydrogen-bond donors (Lipinski definition) is 1. The molecular weight excluding hydrogens is 306 g/mol. The Hall–Kier alpha value is -2.27. The molecule has 0 fully saturated rings. The van der Waals surface area contributed by atoms with Crippen molar-refractivity contribution < 1.29 is 4.79 Å². The Bertz CT molecular complexity index is 841. The lowest BCUT2D eigenvalue weighted by molar-refractivity contribution is 0.102. The summed E-state index contributed by atoms with van der Waals surface area (Å²) in [5.74, 6) is -0.120. The van der Waals surface area contributed by atoms with Crippen molar-refractivity contribution in [3.8, 4) is 0 Å². The molecule has 0 spiro atoms. The van der Waals surface area contributed by atoms with Gasteiger partial charge in [-0.1, -0.05) is 25.5 Å². The molecule has 0 unspecified atom stereocenters. The molecule has 0 saturated heterocycles. The zero-order valence-electron chi connectivity index (χ0n) is 13.2. The van der Waals surface area contributed by atoms with Crippen molar-refractivity contribution >= 4 is 29.0 Å². The molecule has 3 aromatic rings. The zero-order valence-corrected chi connectivity index (χ0v) is 14.1. The van der Waals surface area contributed by atoms with Gasteiger partial charge in [0, 0.05) is 16.8 Å². The van der Waals surface area contributed by atoms with Gasteiger partial charge in [-0.05, 0) is 43.0 Å². The molecule has 118 valence electrons. The van der Waals surface area contributed by atoms with Crippen LogP contribution in [0.2, 0.25) is 0 Å². The molecule has 1 aromatic carbocycles. The van der Waals surface area contributed by atoms with Crippen molar-refractivity contribution in [3.63, 3.8) is 0 Å². The van der Waals surface area contributed by atoms with Gasteiger partial charge in [-0.3, -0.25) is 9.20 Å². The van der Waals surface area contributed by atoms with Gasteiger partial charge in [0.1, 0.15) is 11.3 Å². The summed E-state index contributed by atoms with van der Waals surface area (Å²) in [6.45, 7) is 2.09. The molecule has 4 nitrogen and oxygen atoms in total. The monoisotopic (exact) mass is 325 g/mol. The van der Waals surface area contributed by atoms with Crippen LogP contribution in [-0.4, -0.2) is 21.5 Å². The molecule has 0 atom stereocenters. The third-order valence-electron chi connectivity index (χ3n) is 3.63. The van der Waals surface area contributed by atoms with Crippen molar-refractivity contribution in [1.82, 2.24) is 9.38 Å². The van der Waals surface area contributed by atoms with E-state index < -0.39 is 0 Å². The maximum atomic E-state index is 12.8. The second kappa shape index (κ2) is 6.87. The van der Waals surface area contributed by atoms with Crippen LogP contribution in [0.3, 0.4) is 0 Å². The van der Waals surface area contributed by atoms with E-state index in [4.69, 9.17) is 0 Å². The van der Waals surface area contributed by atoms with E-state index in [2.05, 4.69) is 17.2 Å². The number of imidazole rings is 1. The van der Waals surface area contributed by atoms with Crippen LogP contribution in [0.1, 0.15) is 29.5 Å². The Balaban J connectivity index is 1.97. The molecule has 0 radical (unpaired) electrons. The number of amides is 1. The minimum atomic E-state index is -0.120. The summed E-state index contributed by atoms with van der Waals surface area (Å²) in [5, 5.41) is 3.00. The third-order valence-corrected chi connectivity index (χ3v) is 4.36. The van der Waals surface area contributed by atoms with E-state index in [0.29, 0.717) is 5.69 Å². The number of thioether (sulfide) groups is 1. The van der Waals surface area contributed by atoms with Gasteiger partial charge < -0.3 is 5.32 Å². The van der Waals surface area contributed by atoms with Crippen molar-refractivity contribution in [3.05, 3.63) is 60.0 Å². The summed E-state index contributed by atoms with van der Waals surface area (Å²) in [6.07, 6.45) is 5.64. The highest BCUT2D eigenvalue weighted by Crippen LogP contribution is 2.21. The van der Waals surface area contributed by atoms with Crippen LogP contribution in [0.5, 0.6) is 0 Å². The topological polar surface area (TPSA) is 46.4 Å². The maximum absolute atomic E-state index is 12.8. The minimum Gasteiger partial charge on any atom is -0.321 e. The number of aromatic nitrogens is 2. The molecule has 0 saturated carbocycles. The summed E-state index contributed by atoms with van der Waals surface area (Å²) >= 11 is 1.65. The number of fused-ring (bicyclic) bond motifs is 1. The fourth-order valence-electron chi connectivity index (χ4n) is 2.59. The lowest BCUT2D eigenvalue weighted by atomic mass is 10.2. The number of carbonyl (C=O) groups is 1. The first-order chi connectivity index (χ1) is 11.2. The van der Waals surface area contributed by atoms with E-state index in [9.17, 15) is 4.79 Å². The zero-order chi connectivity index (χ0) is 16.2. The van der Waals surface area contributed by atoms with Crippen molar-refractivity contribution in [2.75, 3.05) is 11.6 Å². The molecule has 2 heterocycles. The maximum Gasteiger partial charge on any atom is 0.274 e. The minimum absolute atomic E-state index is 0.120. The number of hydrogen-bond acceptors (Lipinski definition) is 3. The van der Waals surface area contributed by atoms with Gasteiger partial charge >= 0.3 is 0 Å². The van der Waals surface area contributed by atoms with E-state index in [-0.39, 0.29) is 5.91 Å². The molecule has 5 heteroatoms. The SMILES string of the molecule is CCCc1nc2ccccn2c1C(=O)Nc1cccc(SC)c1. The smallest absolute Gasteiger partial charge is 0.274 e. The largest absolute Gasteiger partial charge is 0.321 e. The Morgan fingerprint density at radius 3 is 2.91 bits per heavy atom. The van der Waals surface area contributed by atoms with E-state index in [0.717, 1.165) is 34.8 Å². The summed E-state index contributed by atoms with van der Waals surface area (Å²) in [6, 6.07) is 13.6. The summed E-state index contributed by atoms with van der Waals surface area (Å²) < 4.78 is 1.86. The number of benzene rings is 1. The van der Waals surface area contributed by atoms with E-state index in [1.54, 1.807) is 11.8 Å². The Morgan fingerprint density at radius 2 is 2.13 bits per heavy atom. The van der Waals surface area contributed by atoms with Crippen LogP contribution in [0.15, 0.2) is 53.6 Å². The second-order valence-corrected chi connectivity index (χ2v) is 6.15. The second-order valence-electron chi connectivity index (χ2n) is 5.27. The molecule has 0 bridgehead atoms. The van der Waals surface area contributed by atoms with Gasteiger partial charge in [-0.2, -0.15) is 0 Å². The number of aryl methyl sites for hydroxylation is 1. The van der Waals surface area contributed by atoms with Crippen molar-refractivity contribution in [2.24, 2.45) is 0 Å². The van der Waals surface area contributed by atoms with E-state index in [1.807, 2.05) is 59.3 Å². The van der Waals surface area contributed by atoms with Crippen LogP contribution in [0, 0.1) is 0 Å². The predicted octanol–water partition coefficient (Wildman–Crippen LogP) is 4.26. The van der Waals surface area contributed by atoms with Crippen LogP contribution < -0.4 is 5.32 Å². The molecule has 0 aliphatic carbocycles. The highest BCUT2D eigenvalue weighted by atomic mass is 32.2. The summed E-state index contributed by atoms with van der Waals surface area (Å²) in [4.78, 5) is 18.5. The van der Waals surface area contributed by atoms with Gasteiger partial charge in [0.25, 0.3) is 5.91 Å². The van der Waals surface area contributed by atoms with E-state index in [1.165, 1.54) is 0 Å². The Morgan fingerprint density at radius 1 is 1.26 bits per heavy atom. The van der Waals surface area contributed by atoms with Gasteiger partial charge in [0.2, 0.25) is 0 Å². The van der Waals surface area contributed by atoms with Gasteiger partial charge in [0.05, 0.1) is 5.69 Å². The molecule has 0 aliphatic rings. The van der Waals surface area contributed by atoms with Crippen molar-refractivity contribution in [2.45, 2.75) is 24.7 Å². The predicted molar refractivity (Wildman–Crippen MR) is 95.4 cm³/mol. The van der Waals surface area contributed by atoms with Gasteiger partial charge in [0.15, 0.2) is 0 Å². The molecule has 0 aliphatic heterocycles. The Labute approximate surface area is 139 Å².